The molecule has 98 valence electrons. The number of halogens is 2. The van der Waals surface area contributed by atoms with E-state index < -0.39 is 0 Å². The molecule has 1 N–H and O–H groups in total. The van der Waals surface area contributed by atoms with Crippen LogP contribution in [0, 0.1) is 13.8 Å². The van der Waals surface area contributed by atoms with Crippen LogP contribution in [-0.4, -0.2) is 10.9 Å². The van der Waals surface area contributed by atoms with E-state index in [4.69, 9.17) is 11.6 Å². The first kappa shape index (κ1) is 14.0. The number of amides is 1. The molecule has 2 rings (SSSR count). The van der Waals surface area contributed by atoms with E-state index in [0.717, 1.165) is 11.4 Å². The highest BCUT2D eigenvalue weighted by Gasteiger charge is 2.13. The number of nitrogens with one attached hydrogen (secondary N) is 1. The van der Waals surface area contributed by atoms with E-state index in [-0.39, 0.29) is 5.91 Å². The zero-order chi connectivity index (χ0) is 14.0. The molecule has 0 aliphatic heterocycles. The van der Waals surface area contributed by atoms with Crippen molar-refractivity contribution in [3.05, 3.63) is 56.8 Å². The second-order valence-electron chi connectivity index (χ2n) is 4.14. The Labute approximate surface area is 125 Å². The summed E-state index contributed by atoms with van der Waals surface area (Å²) in [6.07, 6.45) is 0. The van der Waals surface area contributed by atoms with Crippen LogP contribution in [0.2, 0.25) is 5.02 Å². The molecule has 0 atom stereocenters. The van der Waals surface area contributed by atoms with Gasteiger partial charge in [0.05, 0.1) is 22.0 Å². The van der Waals surface area contributed by atoms with Gasteiger partial charge in [-0.1, -0.05) is 17.7 Å². The van der Waals surface area contributed by atoms with E-state index in [9.17, 15) is 4.79 Å². The quantitative estimate of drug-likeness (QED) is 0.883. The third kappa shape index (κ3) is 3.14. The lowest BCUT2D eigenvalue weighted by Gasteiger charge is -2.10. The number of pyridine rings is 1. The van der Waals surface area contributed by atoms with Crippen molar-refractivity contribution in [3.8, 4) is 0 Å². The van der Waals surface area contributed by atoms with E-state index in [1.54, 1.807) is 18.2 Å². The molecule has 0 spiro atoms. The van der Waals surface area contributed by atoms with Gasteiger partial charge in [0.25, 0.3) is 5.91 Å². The van der Waals surface area contributed by atoms with E-state index in [2.05, 4.69) is 26.2 Å². The number of hydrogen-bond donors (Lipinski definition) is 1. The fraction of sp³-hybridized carbons (Fsp3) is 0.143. The zero-order valence-corrected chi connectivity index (χ0v) is 12.8. The minimum Gasteiger partial charge on any atom is -0.320 e. The molecular weight excluding hydrogens is 328 g/mol. The van der Waals surface area contributed by atoms with E-state index in [1.165, 1.54) is 0 Å². The summed E-state index contributed by atoms with van der Waals surface area (Å²) in [4.78, 5) is 16.5. The Morgan fingerprint density at radius 3 is 2.68 bits per heavy atom. The van der Waals surface area contributed by atoms with Crippen LogP contribution in [0.1, 0.15) is 21.7 Å². The van der Waals surface area contributed by atoms with Crippen molar-refractivity contribution >= 4 is 39.1 Å². The van der Waals surface area contributed by atoms with Gasteiger partial charge in [0, 0.05) is 10.2 Å². The maximum Gasteiger partial charge on any atom is 0.257 e. The number of hydrogen-bond acceptors (Lipinski definition) is 2. The van der Waals surface area contributed by atoms with Crippen LogP contribution in [0.4, 0.5) is 5.69 Å². The van der Waals surface area contributed by atoms with Crippen molar-refractivity contribution in [2.24, 2.45) is 0 Å². The molecule has 1 amide bonds. The molecule has 2 aromatic rings. The molecule has 3 nitrogen and oxygen atoms in total. The summed E-state index contributed by atoms with van der Waals surface area (Å²) >= 11 is 9.40. The van der Waals surface area contributed by atoms with Crippen LogP contribution in [0.5, 0.6) is 0 Å². The monoisotopic (exact) mass is 338 g/mol. The van der Waals surface area contributed by atoms with Gasteiger partial charge in [-0.25, -0.2) is 0 Å². The molecule has 0 unspecified atom stereocenters. The van der Waals surface area contributed by atoms with Crippen molar-refractivity contribution in [3.63, 3.8) is 0 Å². The fourth-order valence-corrected chi connectivity index (χ4v) is 2.27. The number of carbonyl (C=O) groups is 1. The lowest BCUT2D eigenvalue weighted by atomic mass is 10.2. The average Bonchev–Trinajstić information content (AvgIpc) is 2.36. The van der Waals surface area contributed by atoms with Crippen molar-refractivity contribution in [2.75, 3.05) is 5.32 Å². The minimum atomic E-state index is -0.250. The lowest BCUT2D eigenvalue weighted by molar-refractivity contribution is 0.102. The summed E-state index contributed by atoms with van der Waals surface area (Å²) in [5, 5.41) is 3.22. The summed E-state index contributed by atoms with van der Waals surface area (Å²) < 4.78 is 0.695. The predicted octanol–water partition coefficient (Wildman–Crippen LogP) is 4.37. The molecule has 0 saturated carbocycles. The number of nitrogens with zero attached hydrogens (tertiary/aromatic N) is 1. The van der Waals surface area contributed by atoms with Crippen LogP contribution >= 0.6 is 27.5 Å². The summed E-state index contributed by atoms with van der Waals surface area (Å²) in [7, 11) is 0. The molecule has 0 radical (unpaired) electrons. The molecule has 0 bridgehead atoms. The number of aryl methyl sites for hydroxylation is 2. The molecule has 1 aromatic carbocycles. The Morgan fingerprint density at radius 2 is 2.00 bits per heavy atom. The predicted molar refractivity (Wildman–Crippen MR) is 80.8 cm³/mol. The van der Waals surface area contributed by atoms with Gasteiger partial charge in [-0.2, -0.15) is 0 Å². The van der Waals surface area contributed by atoms with Crippen LogP contribution < -0.4 is 5.32 Å². The summed E-state index contributed by atoms with van der Waals surface area (Å²) in [5.41, 5.74) is 2.80. The number of carbonyl (C=O) groups excluding carboxylic acids is 1. The number of rotatable bonds is 2. The van der Waals surface area contributed by atoms with Gasteiger partial charge in [-0.3, -0.25) is 9.78 Å². The van der Waals surface area contributed by atoms with Crippen LogP contribution in [0.25, 0.3) is 0 Å². The molecule has 0 saturated heterocycles. The molecule has 0 aliphatic carbocycles. The van der Waals surface area contributed by atoms with Gasteiger partial charge in [0.1, 0.15) is 0 Å². The Kier molecular flexibility index (Phi) is 4.22. The standard InChI is InChI=1S/C14H12BrClN2O/c1-8-6-7-12(9(2)17-8)18-14(19)10-4-3-5-11(15)13(10)16/h3-7H,1-2H3,(H,18,19). The van der Waals surface area contributed by atoms with Gasteiger partial charge < -0.3 is 5.32 Å². The molecule has 0 aliphatic rings. The zero-order valence-electron chi connectivity index (χ0n) is 10.5. The molecule has 0 fully saturated rings. The Morgan fingerprint density at radius 1 is 1.26 bits per heavy atom. The first-order valence-electron chi connectivity index (χ1n) is 5.68. The first-order valence-corrected chi connectivity index (χ1v) is 6.85. The smallest absolute Gasteiger partial charge is 0.257 e. The van der Waals surface area contributed by atoms with Crippen molar-refractivity contribution in [1.29, 1.82) is 0 Å². The fourth-order valence-electron chi connectivity index (χ4n) is 1.69. The highest BCUT2D eigenvalue weighted by molar-refractivity contribution is 9.10. The van der Waals surface area contributed by atoms with E-state index in [0.29, 0.717) is 20.7 Å². The van der Waals surface area contributed by atoms with Gasteiger partial charge in [0.2, 0.25) is 0 Å². The minimum absolute atomic E-state index is 0.250. The van der Waals surface area contributed by atoms with Crippen LogP contribution in [0.3, 0.4) is 0 Å². The Bertz CT molecular complexity index is 643. The third-order valence-electron chi connectivity index (χ3n) is 2.67. The van der Waals surface area contributed by atoms with Crippen molar-refractivity contribution in [2.45, 2.75) is 13.8 Å². The lowest BCUT2D eigenvalue weighted by Crippen LogP contribution is -2.14. The van der Waals surface area contributed by atoms with Gasteiger partial charge in [0.15, 0.2) is 0 Å². The van der Waals surface area contributed by atoms with E-state index in [1.807, 2.05) is 26.0 Å². The number of anilines is 1. The second-order valence-corrected chi connectivity index (χ2v) is 5.37. The highest BCUT2D eigenvalue weighted by Crippen LogP contribution is 2.26. The summed E-state index contributed by atoms with van der Waals surface area (Å²) in [6.45, 7) is 3.76. The normalized spacial score (nSPS) is 10.3. The SMILES string of the molecule is Cc1ccc(NC(=O)c2cccc(Br)c2Cl)c(C)n1. The van der Waals surface area contributed by atoms with Crippen molar-refractivity contribution < 1.29 is 4.79 Å². The maximum absolute atomic E-state index is 12.2. The molecule has 19 heavy (non-hydrogen) atoms. The number of benzene rings is 1. The first-order chi connectivity index (χ1) is 8.99. The van der Waals surface area contributed by atoms with Gasteiger partial charge >= 0.3 is 0 Å². The Hall–Kier alpha value is -1.39. The molecule has 5 heteroatoms. The Balaban J connectivity index is 2.28. The summed E-state index contributed by atoms with van der Waals surface area (Å²) in [5.74, 6) is -0.250. The largest absolute Gasteiger partial charge is 0.320 e. The maximum atomic E-state index is 12.2. The third-order valence-corrected chi connectivity index (χ3v) is 3.97. The van der Waals surface area contributed by atoms with Crippen LogP contribution in [0.15, 0.2) is 34.8 Å². The van der Waals surface area contributed by atoms with Crippen molar-refractivity contribution in [1.82, 2.24) is 4.98 Å². The van der Waals surface area contributed by atoms with Gasteiger partial charge in [-0.15, -0.1) is 0 Å². The number of aromatic nitrogens is 1. The molecule has 1 heterocycles. The van der Waals surface area contributed by atoms with Gasteiger partial charge in [-0.05, 0) is 54.0 Å². The van der Waals surface area contributed by atoms with E-state index >= 15 is 0 Å². The molecule has 1 aromatic heterocycles. The topological polar surface area (TPSA) is 42.0 Å². The molecular formula is C14H12BrClN2O. The summed E-state index contributed by atoms with van der Waals surface area (Å²) in [6, 6.07) is 8.93. The van der Waals surface area contributed by atoms with Crippen LogP contribution in [-0.2, 0) is 0 Å². The average molecular weight is 340 g/mol. The second kappa shape index (κ2) is 5.72. The highest BCUT2D eigenvalue weighted by atomic mass is 79.9.